The minimum absolute atomic E-state index is 0.184. The molecule has 41 heavy (non-hydrogen) atoms. The van der Waals surface area contributed by atoms with E-state index in [-0.39, 0.29) is 22.1 Å². The number of nitrogens with zero attached hydrogens (tertiary/aromatic N) is 1. The minimum Gasteiger partial charge on any atom is -0.497 e. The van der Waals surface area contributed by atoms with Gasteiger partial charge in [-0.1, -0.05) is 53.5 Å². The number of hydrogen-bond acceptors (Lipinski definition) is 7. The molecule has 0 radical (unpaired) electrons. The zero-order valence-corrected chi connectivity index (χ0v) is 23.1. The minimum atomic E-state index is -0.681. The van der Waals surface area contributed by atoms with Gasteiger partial charge in [0.2, 0.25) is 0 Å². The summed E-state index contributed by atoms with van der Waals surface area (Å²) in [5.74, 6) is -0.685. The Kier molecular flexibility index (Phi) is 9.88. The highest BCUT2D eigenvalue weighted by atomic mass is 35.5. The molecular weight excluding hydrogens is 567 g/mol. The largest absolute Gasteiger partial charge is 0.497 e. The number of carbonyl (C=O) groups is 3. The summed E-state index contributed by atoms with van der Waals surface area (Å²) in [4.78, 5) is 37.6. The van der Waals surface area contributed by atoms with Crippen molar-refractivity contribution < 1.29 is 28.6 Å². The maximum Gasteiger partial charge on any atom is 0.343 e. The Morgan fingerprint density at radius 1 is 0.805 bits per heavy atom. The predicted octanol–water partition coefficient (Wildman–Crippen LogP) is 6.60. The molecule has 10 heteroatoms. The van der Waals surface area contributed by atoms with Crippen molar-refractivity contribution in [2.45, 2.75) is 0 Å². The van der Waals surface area contributed by atoms with E-state index in [4.69, 9.17) is 37.4 Å². The number of amides is 1. The van der Waals surface area contributed by atoms with Crippen LogP contribution in [-0.4, -0.2) is 31.2 Å². The molecule has 0 saturated carbocycles. The molecule has 0 aliphatic rings. The number of hydrazone groups is 1. The van der Waals surface area contributed by atoms with Gasteiger partial charge in [-0.15, -0.1) is 0 Å². The Morgan fingerprint density at radius 2 is 1.46 bits per heavy atom. The second kappa shape index (κ2) is 13.9. The zero-order chi connectivity index (χ0) is 29.2. The lowest BCUT2D eigenvalue weighted by atomic mass is 10.1. The summed E-state index contributed by atoms with van der Waals surface area (Å²) >= 11 is 11.9. The van der Waals surface area contributed by atoms with Crippen molar-refractivity contribution in [3.63, 3.8) is 0 Å². The van der Waals surface area contributed by atoms with Crippen molar-refractivity contribution in [3.05, 3.63) is 129 Å². The van der Waals surface area contributed by atoms with Gasteiger partial charge in [0.05, 0.1) is 29.5 Å². The second-order valence-corrected chi connectivity index (χ2v) is 9.12. The molecule has 206 valence electrons. The van der Waals surface area contributed by atoms with Gasteiger partial charge in [0.1, 0.15) is 17.2 Å². The van der Waals surface area contributed by atoms with Crippen LogP contribution in [0.4, 0.5) is 0 Å². The van der Waals surface area contributed by atoms with Gasteiger partial charge in [-0.2, -0.15) is 5.10 Å². The van der Waals surface area contributed by atoms with Crippen LogP contribution < -0.4 is 19.6 Å². The van der Waals surface area contributed by atoms with E-state index >= 15 is 0 Å². The maximum absolute atomic E-state index is 12.6. The van der Waals surface area contributed by atoms with Crippen LogP contribution in [0.5, 0.6) is 17.2 Å². The number of ether oxygens (including phenoxy) is 3. The lowest BCUT2D eigenvalue weighted by Crippen LogP contribution is -2.18. The Morgan fingerprint density at radius 3 is 2.15 bits per heavy atom. The van der Waals surface area contributed by atoms with E-state index in [1.54, 1.807) is 72.8 Å². The van der Waals surface area contributed by atoms with Crippen LogP contribution in [-0.2, 0) is 4.79 Å². The first-order valence-corrected chi connectivity index (χ1v) is 12.8. The van der Waals surface area contributed by atoms with Crippen LogP contribution in [0.1, 0.15) is 31.8 Å². The van der Waals surface area contributed by atoms with Crippen LogP contribution >= 0.6 is 23.2 Å². The number of nitrogens with one attached hydrogen (secondary N) is 1. The van der Waals surface area contributed by atoms with Gasteiger partial charge in [0, 0.05) is 22.2 Å². The molecular formula is C31H22Cl2N2O6. The number of halogens is 2. The van der Waals surface area contributed by atoms with Crippen LogP contribution in [0.25, 0.3) is 6.08 Å². The predicted molar refractivity (Wildman–Crippen MR) is 157 cm³/mol. The Bertz CT molecular complexity index is 1630. The number of esters is 2. The normalized spacial score (nSPS) is 10.9. The number of benzene rings is 4. The standard InChI is InChI=1S/C31H22Cl2N2O6/c1-39-24-14-10-21(11-15-24)31(38)41-27-8-4-2-6-20(27)12-17-29(36)40-28-9-5-3-7-22(28)19-34-35-30(37)25-16-13-23(32)18-26(25)33/h2-19H,1H3,(H,35,37)/b17-12+,34-19+. The fraction of sp³-hybridized carbons (Fsp3) is 0.0323. The first-order valence-electron chi connectivity index (χ1n) is 12.1. The van der Waals surface area contributed by atoms with Gasteiger partial charge in [0.15, 0.2) is 0 Å². The highest BCUT2D eigenvalue weighted by Gasteiger charge is 2.12. The van der Waals surface area contributed by atoms with Crippen LogP contribution in [0.15, 0.2) is 102 Å². The Hall–Kier alpha value is -4.92. The highest BCUT2D eigenvalue weighted by molar-refractivity contribution is 6.36. The fourth-order valence-corrected chi connectivity index (χ4v) is 3.97. The van der Waals surface area contributed by atoms with Gasteiger partial charge >= 0.3 is 11.9 Å². The molecule has 4 aromatic carbocycles. The molecule has 0 aromatic heterocycles. The third kappa shape index (κ3) is 8.04. The molecule has 0 heterocycles. The van der Waals surface area contributed by atoms with Crippen LogP contribution in [0, 0.1) is 0 Å². The summed E-state index contributed by atoms with van der Waals surface area (Å²) < 4.78 is 16.1. The summed E-state index contributed by atoms with van der Waals surface area (Å²) in [6.07, 6.45) is 4.02. The van der Waals surface area contributed by atoms with E-state index in [1.807, 2.05) is 0 Å². The Balaban J connectivity index is 1.40. The smallest absolute Gasteiger partial charge is 0.343 e. The van der Waals surface area contributed by atoms with Crippen molar-refractivity contribution in [2.75, 3.05) is 7.11 Å². The fourth-order valence-electron chi connectivity index (χ4n) is 3.47. The molecule has 0 fully saturated rings. The lowest BCUT2D eigenvalue weighted by Gasteiger charge is -2.08. The average Bonchev–Trinajstić information content (AvgIpc) is 2.97. The number of para-hydroxylation sites is 2. The number of rotatable bonds is 9. The quantitative estimate of drug-likeness (QED) is 0.0776. The summed E-state index contributed by atoms with van der Waals surface area (Å²) in [5, 5.41) is 4.52. The Labute approximate surface area is 245 Å². The third-order valence-electron chi connectivity index (χ3n) is 5.52. The highest BCUT2D eigenvalue weighted by Crippen LogP contribution is 2.23. The van der Waals surface area contributed by atoms with E-state index in [2.05, 4.69) is 10.5 Å². The molecule has 4 aromatic rings. The molecule has 0 bridgehead atoms. The lowest BCUT2D eigenvalue weighted by molar-refractivity contribution is -0.128. The van der Waals surface area contributed by atoms with Crippen molar-refractivity contribution >= 4 is 53.3 Å². The molecule has 8 nitrogen and oxygen atoms in total. The molecule has 4 rings (SSSR count). The van der Waals surface area contributed by atoms with Crippen molar-refractivity contribution in [2.24, 2.45) is 5.10 Å². The molecule has 0 atom stereocenters. The maximum atomic E-state index is 12.6. The van der Waals surface area contributed by atoms with E-state index in [0.717, 1.165) is 0 Å². The van der Waals surface area contributed by atoms with Crippen molar-refractivity contribution in [3.8, 4) is 17.2 Å². The SMILES string of the molecule is COc1ccc(C(=O)Oc2ccccc2/C=C/C(=O)Oc2ccccc2/C=N/NC(=O)c2ccc(Cl)cc2Cl)cc1. The van der Waals surface area contributed by atoms with Gasteiger partial charge in [0.25, 0.3) is 5.91 Å². The second-order valence-electron chi connectivity index (χ2n) is 8.27. The number of carbonyl (C=O) groups excluding carboxylic acids is 3. The van der Waals surface area contributed by atoms with E-state index in [0.29, 0.717) is 27.5 Å². The van der Waals surface area contributed by atoms with Gasteiger partial charge in [-0.05, 0) is 66.7 Å². The summed E-state index contributed by atoms with van der Waals surface area (Å²) in [5.41, 5.74) is 3.85. The summed E-state index contributed by atoms with van der Waals surface area (Å²) in [7, 11) is 1.54. The van der Waals surface area contributed by atoms with Gasteiger partial charge < -0.3 is 14.2 Å². The summed E-state index contributed by atoms with van der Waals surface area (Å²) in [6.45, 7) is 0. The third-order valence-corrected chi connectivity index (χ3v) is 6.07. The first-order chi connectivity index (χ1) is 19.8. The summed E-state index contributed by atoms with van der Waals surface area (Å²) in [6, 6.07) is 24.4. The molecule has 0 spiro atoms. The van der Waals surface area contributed by atoms with E-state index < -0.39 is 17.8 Å². The van der Waals surface area contributed by atoms with Crippen LogP contribution in [0.2, 0.25) is 10.0 Å². The van der Waals surface area contributed by atoms with E-state index in [9.17, 15) is 14.4 Å². The van der Waals surface area contributed by atoms with Crippen molar-refractivity contribution in [1.29, 1.82) is 0 Å². The molecule has 0 saturated heterocycles. The molecule has 0 aliphatic heterocycles. The average molecular weight is 589 g/mol. The molecule has 1 N–H and O–H groups in total. The molecule has 0 unspecified atom stereocenters. The van der Waals surface area contributed by atoms with E-state index in [1.165, 1.54) is 43.7 Å². The number of methoxy groups -OCH3 is 1. The number of hydrogen-bond donors (Lipinski definition) is 1. The first kappa shape index (κ1) is 29.1. The van der Waals surface area contributed by atoms with Gasteiger partial charge in [-0.25, -0.2) is 15.0 Å². The monoisotopic (exact) mass is 588 g/mol. The topological polar surface area (TPSA) is 103 Å². The molecule has 1 amide bonds. The van der Waals surface area contributed by atoms with Crippen molar-refractivity contribution in [1.82, 2.24) is 5.43 Å². The van der Waals surface area contributed by atoms with Gasteiger partial charge in [-0.3, -0.25) is 4.79 Å². The molecule has 0 aliphatic carbocycles. The zero-order valence-electron chi connectivity index (χ0n) is 21.5. The van der Waals surface area contributed by atoms with Crippen LogP contribution in [0.3, 0.4) is 0 Å².